The van der Waals surface area contributed by atoms with Gasteiger partial charge in [0.2, 0.25) is 5.91 Å². The summed E-state index contributed by atoms with van der Waals surface area (Å²) >= 11 is 0. The minimum absolute atomic E-state index is 0.145. The van der Waals surface area contributed by atoms with Crippen LogP contribution in [-0.4, -0.2) is 50.7 Å². The molecule has 2 heterocycles. The average Bonchev–Trinajstić information content (AvgIpc) is 3.27. The van der Waals surface area contributed by atoms with E-state index in [4.69, 9.17) is 0 Å². The van der Waals surface area contributed by atoms with Gasteiger partial charge in [-0.25, -0.2) is 0 Å². The van der Waals surface area contributed by atoms with E-state index in [0.717, 1.165) is 10.9 Å². The minimum Gasteiger partial charge on any atom is -0.391 e. The summed E-state index contributed by atoms with van der Waals surface area (Å²) in [6.07, 6.45) is 1.18. The summed E-state index contributed by atoms with van der Waals surface area (Å²) < 4.78 is 0. The SMILES string of the molecule is O=C(Nc1ccc2[nH]ncc2c1)[C@@H]1C[C@@H](O)CN1C(=O)c1ccccc1. The Morgan fingerprint density at radius 1 is 1.19 bits per heavy atom. The second-order valence-electron chi connectivity index (χ2n) is 6.39. The van der Waals surface area contributed by atoms with E-state index < -0.39 is 12.1 Å². The van der Waals surface area contributed by atoms with Crippen LogP contribution in [0.3, 0.4) is 0 Å². The zero-order chi connectivity index (χ0) is 18.1. The van der Waals surface area contributed by atoms with Crippen molar-refractivity contribution in [3.63, 3.8) is 0 Å². The van der Waals surface area contributed by atoms with Gasteiger partial charge in [-0.1, -0.05) is 18.2 Å². The molecule has 0 aliphatic carbocycles. The predicted molar refractivity (Wildman–Crippen MR) is 96.6 cm³/mol. The van der Waals surface area contributed by atoms with E-state index in [-0.39, 0.29) is 24.8 Å². The molecule has 2 atom stereocenters. The summed E-state index contributed by atoms with van der Waals surface area (Å²) in [5.41, 5.74) is 2.00. The Hall–Kier alpha value is -3.19. The number of aromatic amines is 1. The lowest BCUT2D eigenvalue weighted by atomic mass is 10.1. The first kappa shape index (κ1) is 16.3. The number of fused-ring (bicyclic) bond motifs is 1. The van der Waals surface area contributed by atoms with E-state index in [2.05, 4.69) is 15.5 Å². The third-order valence-electron chi connectivity index (χ3n) is 4.57. The number of β-amino-alcohol motifs (C(OH)–C–C–N with tert-alkyl or cyclic N) is 1. The fourth-order valence-corrected chi connectivity index (χ4v) is 3.28. The molecule has 0 bridgehead atoms. The first-order valence-electron chi connectivity index (χ1n) is 8.40. The maximum atomic E-state index is 12.7. The van der Waals surface area contributed by atoms with Crippen molar-refractivity contribution in [2.75, 3.05) is 11.9 Å². The van der Waals surface area contributed by atoms with Crippen LogP contribution in [0.25, 0.3) is 10.9 Å². The van der Waals surface area contributed by atoms with Gasteiger partial charge >= 0.3 is 0 Å². The Bertz CT molecular complexity index is 954. The Morgan fingerprint density at radius 2 is 2.00 bits per heavy atom. The highest BCUT2D eigenvalue weighted by Gasteiger charge is 2.39. The van der Waals surface area contributed by atoms with Crippen LogP contribution >= 0.6 is 0 Å². The number of nitrogens with one attached hydrogen (secondary N) is 2. The van der Waals surface area contributed by atoms with Crippen molar-refractivity contribution in [2.45, 2.75) is 18.6 Å². The fourth-order valence-electron chi connectivity index (χ4n) is 3.28. The van der Waals surface area contributed by atoms with Gasteiger partial charge in [0.05, 0.1) is 17.8 Å². The molecule has 3 aromatic rings. The number of amides is 2. The lowest BCUT2D eigenvalue weighted by molar-refractivity contribution is -0.119. The number of hydrogen-bond acceptors (Lipinski definition) is 4. The quantitative estimate of drug-likeness (QED) is 0.670. The molecule has 1 aliphatic heterocycles. The van der Waals surface area contributed by atoms with Gasteiger partial charge in [-0.3, -0.25) is 14.7 Å². The molecular formula is C19H18N4O3. The summed E-state index contributed by atoms with van der Waals surface area (Å²) in [5.74, 6) is -0.568. The first-order valence-corrected chi connectivity index (χ1v) is 8.40. The summed E-state index contributed by atoms with van der Waals surface area (Å²) in [5, 5.41) is 20.5. The molecule has 132 valence electrons. The van der Waals surface area contributed by atoms with Crippen LogP contribution < -0.4 is 5.32 Å². The molecule has 3 N–H and O–H groups in total. The number of nitrogens with zero attached hydrogens (tertiary/aromatic N) is 2. The second-order valence-corrected chi connectivity index (χ2v) is 6.39. The van der Waals surface area contributed by atoms with Crippen LogP contribution in [0.5, 0.6) is 0 Å². The summed E-state index contributed by atoms with van der Waals surface area (Å²) in [4.78, 5) is 26.9. The lowest BCUT2D eigenvalue weighted by Crippen LogP contribution is -2.43. The molecule has 2 amide bonds. The van der Waals surface area contributed by atoms with Gasteiger partial charge in [0.25, 0.3) is 5.91 Å². The van der Waals surface area contributed by atoms with Crippen LogP contribution in [0.2, 0.25) is 0 Å². The second kappa shape index (κ2) is 6.61. The summed E-state index contributed by atoms with van der Waals surface area (Å²) in [6, 6.07) is 13.5. The zero-order valence-corrected chi connectivity index (χ0v) is 13.9. The third kappa shape index (κ3) is 3.04. The highest BCUT2D eigenvalue weighted by Crippen LogP contribution is 2.23. The van der Waals surface area contributed by atoms with Gasteiger partial charge in [-0.2, -0.15) is 5.10 Å². The van der Waals surface area contributed by atoms with Gasteiger partial charge in [0.15, 0.2) is 0 Å². The van der Waals surface area contributed by atoms with Crippen LogP contribution in [0.4, 0.5) is 5.69 Å². The van der Waals surface area contributed by atoms with Gasteiger partial charge in [-0.15, -0.1) is 0 Å². The Morgan fingerprint density at radius 3 is 2.81 bits per heavy atom. The molecule has 1 aromatic heterocycles. The number of rotatable bonds is 3. The Labute approximate surface area is 149 Å². The molecule has 1 fully saturated rings. The zero-order valence-electron chi connectivity index (χ0n) is 13.9. The number of anilines is 1. The molecule has 1 aliphatic rings. The molecular weight excluding hydrogens is 332 g/mol. The third-order valence-corrected chi connectivity index (χ3v) is 4.57. The van der Waals surface area contributed by atoms with E-state index in [1.165, 1.54) is 4.90 Å². The van der Waals surface area contributed by atoms with Gasteiger partial charge < -0.3 is 15.3 Å². The lowest BCUT2D eigenvalue weighted by Gasteiger charge is -2.23. The van der Waals surface area contributed by atoms with Crippen molar-refractivity contribution >= 4 is 28.4 Å². The predicted octanol–water partition coefficient (Wildman–Crippen LogP) is 1.78. The molecule has 0 saturated carbocycles. The summed E-state index contributed by atoms with van der Waals surface area (Å²) in [7, 11) is 0. The molecule has 7 heteroatoms. The normalized spacial score (nSPS) is 19.7. The molecule has 0 spiro atoms. The van der Waals surface area contributed by atoms with E-state index in [0.29, 0.717) is 11.3 Å². The molecule has 7 nitrogen and oxygen atoms in total. The molecule has 4 rings (SSSR count). The molecule has 1 saturated heterocycles. The van der Waals surface area contributed by atoms with Crippen molar-refractivity contribution in [3.8, 4) is 0 Å². The van der Waals surface area contributed by atoms with Crippen LogP contribution in [-0.2, 0) is 4.79 Å². The number of carbonyl (C=O) groups excluding carboxylic acids is 2. The van der Waals surface area contributed by atoms with Crippen LogP contribution in [0, 0.1) is 0 Å². The van der Waals surface area contributed by atoms with E-state index in [1.54, 1.807) is 36.5 Å². The smallest absolute Gasteiger partial charge is 0.254 e. The number of likely N-dealkylation sites (tertiary alicyclic amines) is 1. The number of benzene rings is 2. The molecule has 0 radical (unpaired) electrons. The first-order chi connectivity index (χ1) is 12.6. The largest absolute Gasteiger partial charge is 0.391 e. The van der Waals surface area contributed by atoms with Crippen molar-refractivity contribution in [3.05, 3.63) is 60.3 Å². The monoisotopic (exact) mass is 350 g/mol. The maximum absolute atomic E-state index is 12.7. The molecule has 2 aromatic carbocycles. The van der Waals surface area contributed by atoms with E-state index in [1.807, 2.05) is 18.2 Å². The number of aliphatic hydroxyl groups excluding tert-OH is 1. The Kier molecular flexibility index (Phi) is 4.14. The number of hydrogen-bond donors (Lipinski definition) is 3. The van der Waals surface area contributed by atoms with Crippen LogP contribution in [0.1, 0.15) is 16.8 Å². The van der Waals surface area contributed by atoms with Gasteiger partial charge in [0, 0.05) is 29.6 Å². The highest BCUT2D eigenvalue weighted by atomic mass is 16.3. The number of H-pyrrole nitrogens is 1. The molecule has 0 unspecified atom stereocenters. The van der Waals surface area contributed by atoms with Crippen LogP contribution in [0.15, 0.2) is 54.7 Å². The molecule has 26 heavy (non-hydrogen) atoms. The van der Waals surface area contributed by atoms with Crippen molar-refractivity contribution in [1.82, 2.24) is 15.1 Å². The van der Waals surface area contributed by atoms with Gasteiger partial charge in [0.1, 0.15) is 6.04 Å². The van der Waals surface area contributed by atoms with Crippen molar-refractivity contribution in [1.29, 1.82) is 0 Å². The van der Waals surface area contributed by atoms with Crippen molar-refractivity contribution in [2.24, 2.45) is 0 Å². The standard InChI is InChI=1S/C19H18N4O3/c24-15-9-17(23(11-15)19(26)12-4-2-1-3-5-12)18(25)21-14-6-7-16-13(8-14)10-20-22-16/h1-8,10,15,17,24H,9,11H2,(H,20,22)(H,21,25)/t15-,17+/m1/s1. The Balaban J connectivity index is 1.54. The van der Waals surface area contributed by atoms with E-state index >= 15 is 0 Å². The van der Waals surface area contributed by atoms with Crippen molar-refractivity contribution < 1.29 is 14.7 Å². The maximum Gasteiger partial charge on any atom is 0.254 e. The highest BCUT2D eigenvalue weighted by molar-refractivity contribution is 6.02. The fraction of sp³-hybridized carbons (Fsp3) is 0.211. The number of aromatic nitrogens is 2. The average molecular weight is 350 g/mol. The topological polar surface area (TPSA) is 98.3 Å². The number of carbonyl (C=O) groups is 2. The number of aliphatic hydroxyl groups is 1. The minimum atomic E-state index is -0.713. The van der Waals surface area contributed by atoms with E-state index in [9.17, 15) is 14.7 Å². The van der Waals surface area contributed by atoms with Gasteiger partial charge in [-0.05, 0) is 30.3 Å². The summed E-state index contributed by atoms with van der Waals surface area (Å²) in [6.45, 7) is 0.145.